The van der Waals surface area contributed by atoms with Crippen LogP contribution in [0.3, 0.4) is 0 Å². The Morgan fingerprint density at radius 3 is 2.50 bits per heavy atom. The molecule has 0 atom stereocenters. The van der Waals surface area contributed by atoms with Gasteiger partial charge in [0.05, 0.1) is 0 Å². The Morgan fingerprint density at radius 1 is 1.33 bits per heavy atom. The molecule has 0 spiro atoms. The van der Waals surface area contributed by atoms with Crippen LogP contribution in [0.15, 0.2) is 12.2 Å². The van der Waals surface area contributed by atoms with E-state index in [0.717, 1.165) is 13.0 Å². The van der Waals surface area contributed by atoms with Crippen LogP contribution >= 0.6 is 0 Å². The van der Waals surface area contributed by atoms with Gasteiger partial charge in [-0.2, -0.15) is 0 Å². The van der Waals surface area contributed by atoms with Gasteiger partial charge in [0.2, 0.25) is 0 Å². The minimum absolute atomic E-state index is 0.778. The summed E-state index contributed by atoms with van der Waals surface area (Å²) in [4.78, 5) is 0. The van der Waals surface area contributed by atoms with Gasteiger partial charge in [0.15, 0.2) is 8.32 Å². The van der Waals surface area contributed by atoms with Gasteiger partial charge < -0.3 is 4.43 Å². The smallest absolute Gasteiger partial charge is 0.183 e. The maximum absolute atomic E-state index is 5.62. The number of hydrogen-bond acceptors (Lipinski definition) is 1. The summed E-state index contributed by atoms with van der Waals surface area (Å²) in [5.74, 6) is 5.95. The van der Waals surface area contributed by atoms with Gasteiger partial charge in [-0.1, -0.05) is 17.9 Å². The summed E-state index contributed by atoms with van der Waals surface area (Å²) >= 11 is 0. The van der Waals surface area contributed by atoms with Gasteiger partial charge >= 0.3 is 0 Å². The Balaban J connectivity index is 3.41. The molecule has 0 saturated heterocycles. The number of hydrogen-bond donors (Lipinski definition) is 0. The third-order valence-electron chi connectivity index (χ3n) is 1.11. The van der Waals surface area contributed by atoms with Crippen LogP contribution < -0.4 is 0 Å². The quantitative estimate of drug-likeness (QED) is 0.370. The average Bonchev–Trinajstić information content (AvgIpc) is 1.94. The standard InChI is InChI=1S/C10H18OSi/c1-5-6-7-8-9-10-11-12(2,3)4/h5-6H,9-10H2,1-4H3/b6-5-. The van der Waals surface area contributed by atoms with E-state index in [2.05, 4.69) is 31.5 Å². The molecule has 0 heterocycles. The Hall–Kier alpha value is -0.523. The molecule has 0 radical (unpaired) electrons. The highest BCUT2D eigenvalue weighted by atomic mass is 28.4. The summed E-state index contributed by atoms with van der Waals surface area (Å²) in [6, 6.07) is 0. The maximum Gasteiger partial charge on any atom is 0.183 e. The van der Waals surface area contributed by atoms with Gasteiger partial charge in [-0.3, -0.25) is 0 Å². The van der Waals surface area contributed by atoms with Gasteiger partial charge in [-0.05, 0) is 32.6 Å². The molecule has 0 fully saturated rings. The molecule has 2 heteroatoms. The van der Waals surface area contributed by atoms with Crippen molar-refractivity contribution >= 4 is 8.32 Å². The highest BCUT2D eigenvalue weighted by molar-refractivity contribution is 6.69. The zero-order chi connectivity index (χ0) is 9.45. The second-order valence-electron chi connectivity index (χ2n) is 3.53. The summed E-state index contributed by atoms with van der Waals surface area (Å²) in [5, 5.41) is 0. The van der Waals surface area contributed by atoms with Crippen molar-refractivity contribution in [2.24, 2.45) is 0 Å². The van der Waals surface area contributed by atoms with Crippen LogP contribution in [-0.2, 0) is 4.43 Å². The van der Waals surface area contributed by atoms with Gasteiger partial charge in [0.1, 0.15) is 0 Å². The van der Waals surface area contributed by atoms with Crippen LogP contribution in [0.25, 0.3) is 0 Å². The molecule has 0 bridgehead atoms. The number of allylic oxidation sites excluding steroid dienone is 2. The van der Waals surface area contributed by atoms with E-state index in [1.165, 1.54) is 0 Å². The van der Waals surface area contributed by atoms with Crippen LogP contribution in [0.2, 0.25) is 19.6 Å². The molecule has 0 aliphatic heterocycles. The first kappa shape index (κ1) is 11.5. The first-order chi connectivity index (χ1) is 5.56. The Kier molecular flexibility index (Phi) is 5.78. The fourth-order valence-electron chi connectivity index (χ4n) is 0.623. The fourth-order valence-corrected chi connectivity index (χ4v) is 1.34. The molecule has 1 nitrogen and oxygen atoms in total. The zero-order valence-electron chi connectivity index (χ0n) is 8.48. The summed E-state index contributed by atoms with van der Waals surface area (Å²) < 4.78 is 5.62. The molecule has 0 amide bonds. The van der Waals surface area contributed by atoms with Gasteiger partial charge in [0.25, 0.3) is 0 Å². The molecule has 0 aromatic rings. The average molecular weight is 182 g/mol. The Bertz CT molecular complexity index is 190. The van der Waals surface area contributed by atoms with Gasteiger partial charge in [0, 0.05) is 13.0 Å². The Morgan fingerprint density at radius 2 is 2.00 bits per heavy atom. The predicted molar refractivity (Wildman–Crippen MR) is 56.5 cm³/mol. The summed E-state index contributed by atoms with van der Waals surface area (Å²) in [6.07, 6.45) is 4.63. The van der Waals surface area contributed by atoms with Crippen molar-refractivity contribution in [3.63, 3.8) is 0 Å². The summed E-state index contributed by atoms with van der Waals surface area (Å²) in [6.45, 7) is 9.30. The molecular weight excluding hydrogens is 164 g/mol. The van der Waals surface area contributed by atoms with E-state index < -0.39 is 8.32 Å². The second kappa shape index (κ2) is 6.04. The van der Waals surface area contributed by atoms with Crippen LogP contribution in [0.4, 0.5) is 0 Å². The first-order valence-electron chi connectivity index (χ1n) is 4.30. The summed E-state index contributed by atoms with van der Waals surface area (Å²) in [7, 11) is -1.31. The molecular formula is C10H18OSi. The van der Waals surface area contributed by atoms with Gasteiger partial charge in [-0.15, -0.1) is 0 Å². The van der Waals surface area contributed by atoms with E-state index in [9.17, 15) is 0 Å². The van der Waals surface area contributed by atoms with E-state index in [0.29, 0.717) is 0 Å². The minimum Gasteiger partial charge on any atom is -0.417 e. The van der Waals surface area contributed by atoms with Crippen molar-refractivity contribution in [3.05, 3.63) is 12.2 Å². The molecule has 12 heavy (non-hydrogen) atoms. The van der Waals surface area contributed by atoms with E-state index in [1.807, 2.05) is 19.1 Å². The molecule has 0 saturated carbocycles. The monoisotopic (exact) mass is 182 g/mol. The lowest BCUT2D eigenvalue weighted by Gasteiger charge is -2.15. The minimum atomic E-state index is -1.31. The summed E-state index contributed by atoms with van der Waals surface area (Å²) in [5.41, 5.74) is 0. The largest absolute Gasteiger partial charge is 0.417 e. The van der Waals surface area contributed by atoms with Crippen molar-refractivity contribution < 1.29 is 4.43 Å². The van der Waals surface area contributed by atoms with Crippen molar-refractivity contribution in [1.29, 1.82) is 0 Å². The third-order valence-corrected chi connectivity index (χ3v) is 2.18. The van der Waals surface area contributed by atoms with E-state index in [1.54, 1.807) is 0 Å². The SMILES string of the molecule is C/C=C\C#CCCO[Si](C)(C)C. The highest BCUT2D eigenvalue weighted by Gasteiger charge is 2.12. The highest BCUT2D eigenvalue weighted by Crippen LogP contribution is 2.02. The van der Waals surface area contributed by atoms with Crippen molar-refractivity contribution in [3.8, 4) is 11.8 Å². The maximum atomic E-state index is 5.62. The first-order valence-corrected chi connectivity index (χ1v) is 7.70. The second-order valence-corrected chi connectivity index (χ2v) is 8.05. The molecule has 0 aromatic carbocycles. The third kappa shape index (κ3) is 9.48. The topological polar surface area (TPSA) is 9.23 Å². The normalized spacial score (nSPS) is 11.3. The molecule has 0 N–H and O–H groups in total. The zero-order valence-corrected chi connectivity index (χ0v) is 9.48. The van der Waals surface area contributed by atoms with E-state index >= 15 is 0 Å². The Labute approximate surface area is 77.0 Å². The lowest BCUT2D eigenvalue weighted by Crippen LogP contribution is -2.25. The fraction of sp³-hybridized carbons (Fsp3) is 0.600. The molecule has 68 valence electrons. The molecule has 0 aliphatic rings. The molecule has 0 aromatic heterocycles. The lowest BCUT2D eigenvalue weighted by atomic mass is 10.4. The lowest BCUT2D eigenvalue weighted by molar-refractivity contribution is 0.321. The van der Waals surface area contributed by atoms with Crippen molar-refractivity contribution in [2.75, 3.05) is 6.61 Å². The van der Waals surface area contributed by atoms with Crippen LogP contribution in [0.5, 0.6) is 0 Å². The number of rotatable bonds is 3. The van der Waals surface area contributed by atoms with Crippen LogP contribution in [-0.4, -0.2) is 14.9 Å². The molecule has 0 rings (SSSR count). The van der Waals surface area contributed by atoms with Crippen molar-refractivity contribution in [2.45, 2.75) is 33.0 Å². The molecule has 0 aliphatic carbocycles. The van der Waals surface area contributed by atoms with Gasteiger partial charge in [-0.25, -0.2) is 0 Å². The van der Waals surface area contributed by atoms with E-state index in [4.69, 9.17) is 4.43 Å². The predicted octanol–water partition coefficient (Wildman–Crippen LogP) is 2.81. The van der Waals surface area contributed by atoms with Crippen LogP contribution in [0.1, 0.15) is 13.3 Å². The van der Waals surface area contributed by atoms with Crippen molar-refractivity contribution in [1.82, 2.24) is 0 Å². The molecule has 0 unspecified atom stereocenters. The van der Waals surface area contributed by atoms with Crippen LogP contribution in [0, 0.1) is 11.8 Å². The van der Waals surface area contributed by atoms with E-state index in [-0.39, 0.29) is 0 Å².